The van der Waals surface area contributed by atoms with E-state index < -0.39 is 23.8 Å². The van der Waals surface area contributed by atoms with E-state index in [0.29, 0.717) is 5.69 Å². The van der Waals surface area contributed by atoms with Gasteiger partial charge in [0.25, 0.3) is 12.3 Å². The van der Waals surface area contributed by atoms with Gasteiger partial charge in [-0.3, -0.25) is 0 Å². The summed E-state index contributed by atoms with van der Waals surface area (Å²) in [5, 5.41) is 0. The number of aromatic nitrogens is 2. The Hall–Kier alpha value is -2.25. The number of aryl methyl sites for hydroxylation is 1. The van der Waals surface area contributed by atoms with Gasteiger partial charge in [0.15, 0.2) is 12.1 Å². The molecule has 2 rings (SSSR count). The summed E-state index contributed by atoms with van der Waals surface area (Å²) < 4.78 is 40.2. The molecule has 0 unspecified atom stereocenters. The van der Waals surface area contributed by atoms with Crippen molar-refractivity contribution in [3.8, 4) is 11.7 Å². The Labute approximate surface area is 106 Å². The number of halogens is 2. The number of nitrogens with zero attached hydrogens (tertiary/aromatic N) is 2. The topological polar surface area (TPSA) is 78.4 Å². The molecule has 0 bridgehead atoms. The molecule has 0 saturated carbocycles. The molecular formula is C11H10F2N2O4. The van der Waals surface area contributed by atoms with Gasteiger partial charge in [0.1, 0.15) is 0 Å². The number of oxazole rings is 2. The molecule has 102 valence electrons. The van der Waals surface area contributed by atoms with Crippen molar-refractivity contribution in [2.75, 3.05) is 6.61 Å². The van der Waals surface area contributed by atoms with E-state index >= 15 is 0 Å². The van der Waals surface area contributed by atoms with Crippen LogP contribution >= 0.6 is 0 Å². The molecule has 0 fully saturated rings. The first-order valence-corrected chi connectivity index (χ1v) is 5.41. The highest BCUT2D eigenvalue weighted by atomic mass is 19.3. The molecule has 2 aromatic heterocycles. The standard InChI is InChI=1S/C11H10F2N2O4/c1-3-17-11(16)8-6(9(12)13)15-10(19-8)7-5(2)14-4-18-7/h4,9H,3H2,1-2H3. The zero-order valence-electron chi connectivity index (χ0n) is 10.1. The van der Waals surface area contributed by atoms with Gasteiger partial charge in [0.2, 0.25) is 11.5 Å². The minimum atomic E-state index is -2.96. The number of carbonyl (C=O) groups excluding carboxylic acids is 1. The Morgan fingerprint density at radius 3 is 2.79 bits per heavy atom. The fraction of sp³-hybridized carbons (Fsp3) is 0.364. The molecule has 0 radical (unpaired) electrons. The first-order chi connectivity index (χ1) is 9.04. The monoisotopic (exact) mass is 272 g/mol. The highest BCUT2D eigenvalue weighted by molar-refractivity contribution is 5.88. The largest absolute Gasteiger partial charge is 0.460 e. The molecule has 8 heteroatoms. The van der Waals surface area contributed by atoms with Crippen LogP contribution in [0.2, 0.25) is 0 Å². The predicted octanol–water partition coefficient (Wildman–Crippen LogP) is 2.75. The predicted molar refractivity (Wildman–Crippen MR) is 57.7 cm³/mol. The molecule has 19 heavy (non-hydrogen) atoms. The molecule has 0 aliphatic rings. The molecule has 6 nitrogen and oxygen atoms in total. The summed E-state index contributed by atoms with van der Waals surface area (Å²) in [5.74, 6) is -1.75. The highest BCUT2D eigenvalue weighted by Gasteiger charge is 2.29. The second kappa shape index (κ2) is 5.17. The molecule has 0 aliphatic carbocycles. The first kappa shape index (κ1) is 13.2. The molecule has 0 saturated heterocycles. The lowest BCUT2D eigenvalue weighted by atomic mass is 10.3. The van der Waals surface area contributed by atoms with Crippen molar-refractivity contribution in [3.05, 3.63) is 23.5 Å². The van der Waals surface area contributed by atoms with E-state index in [1.165, 1.54) is 0 Å². The van der Waals surface area contributed by atoms with Crippen LogP contribution in [-0.4, -0.2) is 22.5 Å². The normalized spacial score (nSPS) is 11.0. The fourth-order valence-electron chi connectivity index (χ4n) is 1.43. The average Bonchev–Trinajstić information content (AvgIpc) is 2.94. The summed E-state index contributed by atoms with van der Waals surface area (Å²) in [5.41, 5.74) is -0.360. The van der Waals surface area contributed by atoms with Gasteiger partial charge in [-0.15, -0.1) is 0 Å². The molecule has 0 N–H and O–H groups in total. The van der Waals surface area contributed by atoms with Crippen molar-refractivity contribution in [2.45, 2.75) is 20.3 Å². The molecule has 2 aromatic rings. The average molecular weight is 272 g/mol. The maximum absolute atomic E-state index is 12.8. The number of esters is 1. The molecule has 0 spiro atoms. The van der Waals surface area contributed by atoms with E-state index in [2.05, 4.69) is 14.7 Å². The Bertz CT molecular complexity index is 591. The molecule has 2 heterocycles. The van der Waals surface area contributed by atoms with Crippen molar-refractivity contribution in [1.29, 1.82) is 0 Å². The van der Waals surface area contributed by atoms with Crippen molar-refractivity contribution < 1.29 is 27.1 Å². The van der Waals surface area contributed by atoms with E-state index in [0.717, 1.165) is 6.39 Å². The van der Waals surface area contributed by atoms with Crippen LogP contribution in [0.25, 0.3) is 11.7 Å². The summed E-state index contributed by atoms with van der Waals surface area (Å²) in [6, 6.07) is 0. The maximum Gasteiger partial charge on any atom is 0.376 e. The fourth-order valence-corrected chi connectivity index (χ4v) is 1.43. The van der Waals surface area contributed by atoms with Crippen molar-refractivity contribution >= 4 is 5.97 Å². The number of alkyl halides is 2. The van der Waals surface area contributed by atoms with Crippen molar-refractivity contribution in [3.63, 3.8) is 0 Å². The summed E-state index contributed by atoms with van der Waals surface area (Å²) in [4.78, 5) is 18.9. The van der Waals surface area contributed by atoms with Crippen LogP contribution in [0.1, 0.15) is 35.3 Å². The van der Waals surface area contributed by atoms with Crippen molar-refractivity contribution in [2.24, 2.45) is 0 Å². The highest BCUT2D eigenvalue weighted by Crippen LogP contribution is 2.30. The zero-order valence-corrected chi connectivity index (χ0v) is 10.1. The Kier molecular flexibility index (Phi) is 3.59. The lowest BCUT2D eigenvalue weighted by molar-refractivity contribution is 0.0476. The maximum atomic E-state index is 12.8. The van der Waals surface area contributed by atoms with E-state index in [1.807, 2.05) is 0 Å². The molecule has 0 aliphatic heterocycles. The van der Waals surface area contributed by atoms with Gasteiger partial charge < -0.3 is 13.6 Å². The van der Waals surface area contributed by atoms with Crippen LogP contribution in [0.3, 0.4) is 0 Å². The lowest BCUT2D eigenvalue weighted by Crippen LogP contribution is -2.06. The van der Waals surface area contributed by atoms with Gasteiger partial charge in [-0.2, -0.15) is 0 Å². The number of carbonyl (C=O) groups is 1. The minimum absolute atomic E-state index is 0.0406. The van der Waals surface area contributed by atoms with Gasteiger partial charge in [-0.25, -0.2) is 23.5 Å². The summed E-state index contributed by atoms with van der Waals surface area (Å²) >= 11 is 0. The smallest absolute Gasteiger partial charge is 0.376 e. The van der Waals surface area contributed by atoms with Gasteiger partial charge in [0, 0.05) is 0 Å². The third-order valence-electron chi connectivity index (χ3n) is 2.26. The van der Waals surface area contributed by atoms with Crippen LogP contribution in [0, 0.1) is 6.92 Å². The van der Waals surface area contributed by atoms with Gasteiger partial charge in [-0.1, -0.05) is 0 Å². The minimum Gasteiger partial charge on any atom is -0.460 e. The van der Waals surface area contributed by atoms with Crippen LogP contribution in [-0.2, 0) is 4.74 Å². The Morgan fingerprint density at radius 1 is 1.53 bits per heavy atom. The van der Waals surface area contributed by atoms with Gasteiger partial charge in [-0.05, 0) is 13.8 Å². The number of hydrogen-bond donors (Lipinski definition) is 0. The lowest BCUT2D eigenvalue weighted by Gasteiger charge is -1.99. The second-order valence-corrected chi connectivity index (χ2v) is 3.52. The van der Waals surface area contributed by atoms with Gasteiger partial charge >= 0.3 is 5.97 Å². The summed E-state index contributed by atoms with van der Waals surface area (Å²) in [6.45, 7) is 3.19. The Balaban J connectivity index is 2.46. The van der Waals surface area contributed by atoms with Crippen LogP contribution in [0.4, 0.5) is 8.78 Å². The molecule has 0 amide bonds. The third kappa shape index (κ3) is 2.47. The Morgan fingerprint density at radius 2 is 2.26 bits per heavy atom. The van der Waals surface area contributed by atoms with Gasteiger partial charge in [0.05, 0.1) is 12.3 Å². The SMILES string of the molecule is CCOC(=O)c1oc(-c2ocnc2C)nc1C(F)F. The third-order valence-corrected chi connectivity index (χ3v) is 2.26. The molecular weight excluding hydrogens is 262 g/mol. The van der Waals surface area contributed by atoms with Crippen molar-refractivity contribution in [1.82, 2.24) is 9.97 Å². The number of ether oxygens (including phenoxy) is 1. The van der Waals surface area contributed by atoms with E-state index in [9.17, 15) is 13.6 Å². The van der Waals surface area contributed by atoms with E-state index in [1.54, 1.807) is 13.8 Å². The zero-order chi connectivity index (χ0) is 14.0. The number of hydrogen-bond acceptors (Lipinski definition) is 6. The quantitative estimate of drug-likeness (QED) is 0.796. The summed E-state index contributed by atoms with van der Waals surface area (Å²) in [7, 11) is 0. The van der Waals surface area contributed by atoms with Crippen LogP contribution in [0.5, 0.6) is 0 Å². The molecule has 0 aromatic carbocycles. The van der Waals surface area contributed by atoms with E-state index in [4.69, 9.17) is 8.83 Å². The summed E-state index contributed by atoms with van der Waals surface area (Å²) in [6.07, 6.45) is -1.83. The molecule has 0 atom stereocenters. The first-order valence-electron chi connectivity index (χ1n) is 5.41. The van der Waals surface area contributed by atoms with Crippen LogP contribution < -0.4 is 0 Å². The van der Waals surface area contributed by atoms with E-state index in [-0.39, 0.29) is 18.3 Å². The second-order valence-electron chi connectivity index (χ2n) is 3.52. The number of rotatable bonds is 4. The van der Waals surface area contributed by atoms with Crippen LogP contribution in [0.15, 0.2) is 15.2 Å².